The van der Waals surface area contributed by atoms with Crippen LogP contribution in [-0.4, -0.2) is 27.4 Å². The third-order valence-electron chi connectivity index (χ3n) is 2.78. The van der Waals surface area contributed by atoms with Crippen LogP contribution in [0.5, 0.6) is 0 Å². The summed E-state index contributed by atoms with van der Waals surface area (Å²) in [5, 5.41) is 2.78. The maximum Gasteiger partial charge on any atom is 0.251 e. The van der Waals surface area contributed by atoms with E-state index in [0.29, 0.717) is 24.9 Å². The minimum absolute atomic E-state index is 0.236. The van der Waals surface area contributed by atoms with Crippen LogP contribution in [0.4, 0.5) is 0 Å². The zero-order valence-corrected chi connectivity index (χ0v) is 10.7. The van der Waals surface area contributed by atoms with Gasteiger partial charge in [-0.2, -0.15) is 0 Å². The molecular weight excluding hydrogens is 244 g/mol. The van der Waals surface area contributed by atoms with Gasteiger partial charge in [-0.1, -0.05) is 6.92 Å². The molecule has 0 aromatic carbocycles. The van der Waals surface area contributed by atoms with E-state index in [1.165, 1.54) is 6.07 Å². The maximum atomic E-state index is 11.9. The summed E-state index contributed by atoms with van der Waals surface area (Å²) in [4.78, 5) is 32.8. The molecule has 0 bridgehead atoms. The van der Waals surface area contributed by atoms with E-state index in [2.05, 4.69) is 20.3 Å². The molecule has 3 N–H and O–H groups in total. The Labute approximate surface area is 110 Å². The second-order valence-electron chi connectivity index (χ2n) is 4.19. The first-order chi connectivity index (χ1) is 9.19. The molecule has 0 radical (unpaired) electrons. The topological polar surface area (TPSA) is 90.6 Å². The highest BCUT2D eigenvalue weighted by molar-refractivity contribution is 5.94. The number of H-pyrrole nitrogens is 2. The van der Waals surface area contributed by atoms with Crippen molar-refractivity contribution in [1.29, 1.82) is 0 Å². The molecule has 6 heteroatoms. The van der Waals surface area contributed by atoms with Crippen LogP contribution in [0.2, 0.25) is 0 Å². The fraction of sp³-hybridized carbons (Fsp3) is 0.308. The van der Waals surface area contributed by atoms with Crippen molar-refractivity contribution >= 4 is 5.91 Å². The van der Waals surface area contributed by atoms with Crippen molar-refractivity contribution in [3.05, 3.63) is 52.0 Å². The van der Waals surface area contributed by atoms with Crippen molar-refractivity contribution in [3.63, 3.8) is 0 Å². The number of rotatable bonds is 5. The highest BCUT2D eigenvalue weighted by atomic mass is 16.2. The van der Waals surface area contributed by atoms with Gasteiger partial charge in [0, 0.05) is 42.2 Å². The summed E-state index contributed by atoms with van der Waals surface area (Å²) in [7, 11) is 0. The van der Waals surface area contributed by atoms with Gasteiger partial charge in [0.2, 0.25) is 5.56 Å². The van der Waals surface area contributed by atoms with Crippen LogP contribution in [0.15, 0.2) is 29.5 Å². The van der Waals surface area contributed by atoms with Crippen molar-refractivity contribution in [2.45, 2.75) is 19.8 Å². The highest BCUT2D eigenvalue weighted by Crippen LogP contribution is 2.00. The number of nitrogens with zero attached hydrogens (tertiary/aromatic N) is 1. The largest absolute Gasteiger partial charge is 0.352 e. The summed E-state index contributed by atoms with van der Waals surface area (Å²) in [5.74, 6) is -0.236. The van der Waals surface area contributed by atoms with Gasteiger partial charge < -0.3 is 15.3 Å². The number of carbonyl (C=O) groups is 1. The third-order valence-corrected chi connectivity index (χ3v) is 2.78. The Balaban J connectivity index is 1.96. The van der Waals surface area contributed by atoms with E-state index in [-0.39, 0.29) is 11.5 Å². The molecule has 0 spiro atoms. The van der Waals surface area contributed by atoms with E-state index >= 15 is 0 Å². The normalized spacial score (nSPS) is 10.4. The van der Waals surface area contributed by atoms with Crippen molar-refractivity contribution in [1.82, 2.24) is 20.3 Å². The molecule has 2 rings (SSSR count). The van der Waals surface area contributed by atoms with Gasteiger partial charge in [0.25, 0.3) is 5.91 Å². The van der Waals surface area contributed by atoms with Crippen LogP contribution in [0.25, 0.3) is 0 Å². The predicted octanol–water partition coefficient (Wildman–Crippen LogP) is 0.633. The number of aromatic nitrogens is 3. The fourth-order valence-electron chi connectivity index (χ4n) is 1.76. The van der Waals surface area contributed by atoms with Crippen molar-refractivity contribution in [2.24, 2.45) is 0 Å². The average Bonchev–Trinajstić information content (AvgIpc) is 2.91. The Bertz CT molecular complexity index is 601. The number of amides is 1. The van der Waals surface area contributed by atoms with Crippen LogP contribution in [0.1, 0.15) is 28.7 Å². The summed E-state index contributed by atoms with van der Waals surface area (Å²) in [6.45, 7) is 2.42. The van der Waals surface area contributed by atoms with Gasteiger partial charge in [-0.3, -0.25) is 9.59 Å². The van der Waals surface area contributed by atoms with E-state index in [1.807, 2.05) is 6.92 Å². The van der Waals surface area contributed by atoms with Crippen LogP contribution in [0.3, 0.4) is 0 Å². The molecule has 6 nitrogen and oxygen atoms in total. The molecule has 0 saturated carbocycles. The summed E-state index contributed by atoms with van der Waals surface area (Å²) < 4.78 is 0. The fourth-order valence-corrected chi connectivity index (χ4v) is 1.76. The van der Waals surface area contributed by atoms with Gasteiger partial charge in [-0.05, 0) is 12.5 Å². The molecule has 100 valence electrons. The Morgan fingerprint density at radius 2 is 2.21 bits per heavy atom. The number of nitrogens with one attached hydrogen (secondary N) is 3. The van der Waals surface area contributed by atoms with E-state index in [9.17, 15) is 9.59 Å². The zero-order chi connectivity index (χ0) is 13.7. The summed E-state index contributed by atoms with van der Waals surface area (Å²) >= 11 is 0. The molecule has 2 heterocycles. The number of imidazole rings is 1. The number of pyridine rings is 1. The molecule has 2 aromatic heterocycles. The van der Waals surface area contributed by atoms with Gasteiger partial charge in [0.15, 0.2) is 0 Å². The number of aryl methyl sites for hydroxylation is 1. The van der Waals surface area contributed by atoms with Gasteiger partial charge in [-0.15, -0.1) is 0 Å². The molecule has 0 fully saturated rings. The van der Waals surface area contributed by atoms with Crippen LogP contribution in [0, 0.1) is 0 Å². The Morgan fingerprint density at radius 1 is 1.37 bits per heavy atom. The molecule has 2 aromatic rings. The molecule has 0 aliphatic rings. The smallest absolute Gasteiger partial charge is 0.251 e. The number of carbonyl (C=O) groups excluding carboxylic acids is 1. The quantitative estimate of drug-likeness (QED) is 0.736. The Kier molecular flexibility index (Phi) is 4.12. The lowest BCUT2D eigenvalue weighted by atomic mass is 10.2. The molecule has 0 unspecified atom stereocenters. The first kappa shape index (κ1) is 13.1. The van der Waals surface area contributed by atoms with Gasteiger partial charge in [0.05, 0.1) is 6.33 Å². The summed E-state index contributed by atoms with van der Waals surface area (Å²) in [5.41, 5.74) is 1.86. The van der Waals surface area contributed by atoms with Crippen molar-refractivity contribution < 1.29 is 4.79 Å². The first-order valence-corrected chi connectivity index (χ1v) is 6.17. The second kappa shape index (κ2) is 5.99. The molecule has 0 saturated heterocycles. The summed E-state index contributed by atoms with van der Waals surface area (Å²) in [6.07, 6.45) is 4.68. The van der Waals surface area contributed by atoms with Crippen molar-refractivity contribution in [2.75, 3.05) is 6.54 Å². The van der Waals surface area contributed by atoms with Gasteiger partial charge in [-0.25, -0.2) is 4.98 Å². The average molecular weight is 260 g/mol. The third kappa shape index (κ3) is 3.54. The minimum atomic E-state index is -0.252. The number of hydrogen-bond donors (Lipinski definition) is 3. The Morgan fingerprint density at radius 3 is 2.89 bits per heavy atom. The first-order valence-electron chi connectivity index (χ1n) is 6.17. The number of hydrogen-bond acceptors (Lipinski definition) is 3. The molecule has 0 aliphatic heterocycles. The van der Waals surface area contributed by atoms with Crippen molar-refractivity contribution in [3.8, 4) is 0 Å². The highest BCUT2D eigenvalue weighted by Gasteiger charge is 2.07. The zero-order valence-electron chi connectivity index (χ0n) is 10.7. The summed E-state index contributed by atoms with van der Waals surface area (Å²) in [6, 6.07) is 3.01. The van der Waals surface area contributed by atoms with E-state index in [0.717, 1.165) is 11.4 Å². The van der Waals surface area contributed by atoms with Crippen LogP contribution >= 0.6 is 0 Å². The predicted molar refractivity (Wildman–Crippen MR) is 71.1 cm³/mol. The van der Waals surface area contributed by atoms with E-state index in [4.69, 9.17) is 0 Å². The molecule has 19 heavy (non-hydrogen) atoms. The molecule has 1 amide bonds. The maximum absolute atomic E-state index is 11.9. The standard InChI is InChI=1S/C13H16N4O2/c1-2-10-5-9(6-12(18)17-10)13(19)15-4-3-11-7-14-8-16-11/h5-8H,2-4H2,1H3,(H,14,16)(H,15,19)(H,17,18). The minimum Gasteiger partial charge on any atom is -0.352 e. The second-order valence-corrected chi connectivity index (χ2v) is 4.19. The van der Waals surface area contributed by atoms with Crippen LogP contribution in [-0.2, 0) is 12.8 Å². The Hall–Kier alpha value is -2.37. The number of aromatic amines is 2. The molecule has 0 aliphatic carbocycles. The van der Waals surface area contributed by atoms with Gasteiger partial charge >= 0.3 is 0 Å². The lowest BCUT2D eigenvalue weighted by molar-refractivity contribution is 0.0953. The monoisotopic (exact) mass is 260 g/mol. The van der Waals surface area contributed by atoms with E-state index < -0.39 is 0 Å². The molecule has 0 atom stereocenters. The van der Waals surface area contributed by atoms with E-state index in [1.54, 1.807) is 18.6 Å². The molecular formula is C13H16N4O2. The van der Waals surface area contributed by atoms with Gasteiger partial charge in [0.1, 0.15) is 0 Å². The SMILES string of the molecule is CCc1cc(C(=O)NCCc2cnc[nH]2)cc(=O)[nH]1. The van der Waals surface area contributed by atoms with Crippen LogP contribution < -0.4 is 10.9 Å². The lowest BCUT2D eigenvalue weighted by Crippen LogP contribution is -2.27. The lowest BCUT2D eigenvalue weighted by Gasteiger charge is -2.05.